The van der Waals surface area contributed by atoms with Crippen molar-refractivity contribution >= 4 is 11.6 Å². The second-order valence-corrected chi connectivity index (χ2v) is 3.93. The van der Waals surface area contributed by atoms with Gasteiger partial charge in [0.15, 0.2) is 11.5 Å². The summed E-state index contributed by atoms with van der Waals surface area (Å²) >= 11 is 0. The van der Waals surface area contributed by atoms with E-state index >= 15 is 0 Å². The Balaban J connectivity index is 2.31. The van der Waals surface area contributed by atoms with E-state index in [-0.39, 0.29) is 22.7 Å². The molecule has 2 rings (SSSR count). The topological polar surface area (TPSA) is 58.6 Å². The van der Waals surface area contributed by atoms with Crippen LogP contribution in [0.2, 0.25) is 0 Å². The van der Waals surface area contributed by atoms with Gasteiger partial charge in [-0.05, 0) is 24.3 Å². The molecule has 0 aliphatic heterocycles. The molecule has 0 aromatic heterocycles. The lowest BCUT2D eigenvalue weighted by Gasteiger charge is -2.10. The van der Waals surface area contributed by atoms with Crippen LogP contribution in [0, 0.1) is 11.6 Å². The molecule has 2 aromatic rings. The first-order valence-electron chi connectivity index (χ1n) is 5.65. The summed E-state index contributed by atoms with van der Waals surface area (Å²) in [5.41, 5.74) is -0.412. The van der Waals surface area contributed by atoms with Gasteiger partial charge in [-0.2, -0.15) is 0 Å². The predicted molar refractivity (Wildman–Crippen MR) is 69.0 cm³/mol. The third kappa shape index (κ3) is 2.69. The molecule has 0 atom stereocenters. The SMILES string of the molecule is COc1cccc(C(=O)Nc2cc(F)ccc2F)c1O. The number of amides is 1. The number of ether oxygens (including phenoxy) is 1. The normalized spacial score (nSPS) is 10.2. The van der Waals surface area contributed by atoms with Gasteiger partial charge in [-0.3, -0.25) is 4.79 Å². The molecule has 2 aromatic carbocycles. The monoisotopic (exact) mass is 279 g/mol. The number of hydrogen-bond donors (Lipinski definition) is 2. The van der Waals surface area contributed by atoms with Crippen molar-refractivity contribution in [2.24, 2.45) is 0 Å². The highest BCUT2D eigenvalue weighted by atomic mass is 19.1. The highest BCUT2D eigenvalue weighted by Gasteiger charge is 2.16. The van der Waals surface area contributed by atoms with Crippen molar-refractivity contribution in [3.63, 3.8) is 0 Å². The smallest absolute Gasteiger partial charge is 0.259 e. The Bertz CT molecular complexity index is 659. The third-order valence-corrected chi connectivity index (χ3v) is 2.64. The Morgan fingerprint density at radius 2 is 2.00 bits per heavy atom. The minimum absolute atomic E-state index is 0.104. The van der Waals surface area contributed by atoms with E-state index in [1.165, 1.54) is 25.3 Å². The lowest BCUT2D eigenvalue weighted by atomic mass is 10.1. The molecule has 0 radical (unpaired) electrons. The van der Waals surface area contributed by atoms with E-state index in [2.05, 4.69) is 5.32 Å². The fourth-order valence-corrected chi connectivity index (χ4v) is 1.65. The number of aromatic hydroxyl groups is 1. The molecular weight excluding hydrogens is 268 g/mol. The molecule has 0 bridgehead atoms. The van der Waals surface area contributed by atoms with E-state index in [4.69, 9.17) is 4.74 Å². The van der Waals surface area contributed by atoms with Gasteiger partial charge in [0, 0.05) is 6.07 Å². The molecule has 6 heteroatoms. The van der Waals surface area contributed by atoms with Crippen LogP contribution in [0.15, 0.2) is 36.4 Å². The van der Waals surface area contributed by atoms with E-state index in [0.717, 1.165) is 18.2 Å². The average Bonchev–Trinajstić information content (AvgIpc) is 2.43. The van der Waals surface area contributed by atoms with Crippen molar-refractivity contribution in [3.05, 3.63) is 53.6 Å². The molecule has 0 unspecified atom stereocenters. The van der Waals surface area contributed by atoms with Gasteiger partial charge in [0.2, 0.25) is 0 Å². The Labute approximate surface area is 113 Å². The van der Waals surface area contributed by atoms with Crippen LogP contribution < -0.4 is 10.1 Å². The zero-order valence-corrected chi connectivity index (χ0v) is 10.5. The van der Waals surface area contributed by atoms with Crippen LogP contribution in [-0.4, -0.2) is 18.1 Å². The number of phenolic OH excluding ortho intramolecular Hbond substituents is 1. The molecule has 1 amide bonds. The Morgan fingerprint density at radius 3 is 2.70 bits per heavy atom. The van der Waals surface area contributed by atoms with Gasteiger partial charge in [-0.1, -0.05) is 6.07 Å². The zero-order valence-electron chi connectivity index (χ0n) is 10.5. The van der Waals surface area contributed by atoms with Crippen LogP contribution in [0.25, 0.3) is 0 Å². The number of hydrogen-bond acceptors (Lipinski definition) is 3. The second-order valence-electron chi connectivity index (χ2n) is 3.93. The van der Waals surface area contributed by atoms with Crippen LogP contribution in [0.4, 0.5) is 14.5 Å². The number of halogens is 2. The number of phenols is 1. The summed E-state index contributed by atoms with van der Waals surface area (Å²) in [6.07, 6.45) is 0. The highest BCUT2D eigenvalue weighted by Crippen LogP contribution is 2.30. The summed E-state index contributed by atoms with van der Waals surface area (Å²) in [4.78, 5) is 12.0. The fourth-order valence-electron chi connectivity index (χ4n) is 1.65. The summed E-state index contributed by atoms with van der Waals surface area (Å²) in [5, 5.41) is 12.0. The van der Waals surface area contributed by atoms with E-state index in [0.29, 0.717) is 0 Å². The van der Waals surface area contributed by atoms with E-state index in [1.54, 1.807) is 0 Å². The number of carbonyl (C=O) groups is 1. The molecule has 0 heterocycles. The van der Waals surface area contributed by atoms with Crippen LogP contribution in [0.5, 0.6) is 11.5 Å². The number of anilines is 1. The van der Waals surface area contributed by atoms with Crippen LogP contribution in [0.3, 0.4) is 0 Å². The molecule has 2 N–H and O–H groups in total. The van der Waals surface area contributed by atoms with Gasteiger partial charge in [0.1, 0.15) is 11.6 Å². The van der Waals surface area contributed by atoms with Gasteiger partial charge >= 0.3 is 0 Å². The van der Waals surface area contributed by atoms with Gasteiger partial charge < -0.3 is 15.2 Å². The quantitative estimate of drug-likeness (QED) is 0.908. The maximum absolute atomic E-state index is 13.4. The standard InChI is InChI=1S/C14H11F2NO3/c1-20-12-4-2-3-9(13(12)18)14(19)17-11-7-8(15)5-6-10(11)16/h2-7,18H,1H3,(H,17,19). The number of rotatable bonds is 3. The third-order valence-electron chi connectivity index (χ3n) is 2.64. The summed E-state index contributed by atoms with van der Waals surface area (Å²) in [7, 11) is 1.34. The minimum atomic E-state index is -0.776. The summed E-state index contributed by atoms with van der Waals surface area (Å²) in [5.74, 6) is -2.49. The first-order chi connectivity index (χ1) is 9.52. The average molecular weight is 279 g/mol. The van der Waals surface area contributed by atoms with Gasteiger partial charge in [-0.15, -0.1) is 0 Å². The summed E-state index contributed by atoms with van der Waals surface area (Å²) < 4.78 is 31.3. The highest BCUT2D eigenvalue weighted by molar-refractivity contribution is 6.06. The van der Waals surface area contributed by atoms with Gasteiger partial charge in [0.25, 0.3) is 5.91 Å². The van der Waals surface area contributed by atoms with Crippen molar-refractivity contribution in [1.29, 1.82) is 0 Å². The molecule has 4 nitrogen and oxygen atoms in total. The number of benzene rings is 2. The fraction of sp³-hybridized carbons (Fsp3) is 0.0714. The molecule has 0 aliphatic rings. The van der Waals surface area contributed by atoms with Crippen molar-refractivity contribution < 1.29 is 23.4 Å². The molecular formula is C14H11F2NO3. The lowest BCUT2D eigenvalue weighted by molar-refractivity contribution is 0.102. The van der Waals surface area contributed by atoms with Crippen molar-refractivity contribution in [2.75, 3.05) is 12.4 Å². The Kier molecular flexibility index (Phi) is 3.84. The Hall–Kier alpha value is -2.63. The molecule has 0 aliphatic carbocycles. The number of para-hydroxylation sites is 1. The van der Waals surface area contributed by atoms with Crippen LogP contribution in [0.1, 0.15) is 10.4 Å². The van der Waals surface area contributed by atoms with Gasteiger partial charge in [0.05, 0.1) is 18.4 Å². The molecule has 0 spiro atoms. The van der Waals surface area contributed by atoms with E-state index < -0.39 is 17.5 Å². The van der Waals surface area contributed by atoms with Gasteiger partial charge in [-0.25, -0.2) is 8.78 Å². The molecule has 0 fully saturated rings. The lowest BCUT2D eigenvalue weighted by Crippen LogP contribution is -2.13. The maximum atomic E-state index is 13.4. The van der Waals surface area contributed by atoms with Crippen molar-refractivity contribution in [1.82, 2.24) is 0 Å². The largest absolute Gasteiger partial charge is 0.504 e. The number of carbonyl (C=O) groups excluding carboxylic acids is 1. The molecule has 20 heavy (non-hydrogen) atoms. The zero-order chi connectivity index (χ0) is 14.7. The minimum Gasteiger partial charge on any atom is -0.504 e. The van der Waals surface area contributed by atoms with E-state index in [1.807, 2.05) is 0 Å². The van der Waals surface area contributed by atoms with Crippen LogP contribution in [-0.2, 0) is 0 Å². The van der Waals surface area contributed by atoms with Crippen molar-refractivity contribution in [3.8, 4) is 11.5 Å². The number of methoxy groups -OCH3 is 1. The van der Waals surface area contributed by atoms with Crippen molar-refractivity contribution in [2.45, 2.75) is 0 Å². The summed E-state index contributed by atoms with van der Waals surface area (Å²) in [6, 6.07) is 6.99. The maximum Gasteiger partial charge on any atom is 0.259 e. The second kappa shape index (κ2) is 5.56. The van der Waals surface area contributed by atoms with E-state index in [9.17, 15) is 18.7 Å². The number of nitrogens with one attached hydrogen (secondary N) is 1. The van der Waals surface area contributed by atoms with Crippen LogP contribution >= 0.6 is 0 Å². The Morgan fingerprint density at radius 1 is 1.25 bits per heavy atom. The molecule has 0 saturated carbocycles. The predicted octanol–water partition coefficient (Wildman–Crippen LogP) is 2.93. The first-order valence-corrected chi connectivity index (χ1v) is 5.65. The molecule has 104 valence electrons. The summed E-state index contributed by atoms with van der Waals surface area (Å²) in [6.45, 7) is 0. The molecule has 0 saturated heterocycles. The first kappa shape index (κ1) is 13.8.